The van der Waals surface area contributed by atoms with Crippen LogP contribution in [0, 0.1) is 35.0 Å². The highest BCUT2D eigenvalue weighted by atomic mass is 16.6. The number of methoxy groups -OCH3 is 1. The van der Waals surface area contributed by atoms with Crippen molar-refractivity contribution in [3.8, 4) is 0 Å². The first-order valence-corrected chi connectivity index (χ1v) is 18.0. The second kappa shape index (κ2) is 14.1. The SMILES string of the molecule is COCCOCCOCCOCCN1C[C@@H](C)C[C@H]2O[C@]3(CC[C@@H]4C(=C(C)C3)C[C@H]3[C@H]4CC=C4C[C@@H](O)CC[C@@]43C)[C@H](C)C21. The third-order valence-corrected chi connectivity index (χ3v) is 13.0. The zero-order valence-corrected chi connectivity index (χ0v) is 28.4. The molecule has 0 aromatic rings. The number of fused-ring (bicyclic) bond motifs is 6. The Hall–Kier alpha value is -0.800. The van der Waals surface area contributed by atoms with Gasteiger partial charge in [-0.3, -0.25) is 4.90 Å². The third-order valence-electron chi connectivity index (χ3n) is 13.0. The summed E-state index contributed by atoms with van der Waals surface area (Å²) in [6, 6.07) is 0.478. The molecule has 44 heavy (non-hydrogen) atoms. The van der Waals surface area contributed by atoms with E-state index in [9.17, 15) is 5.11 Å². The molecule has 0 bridgehead atoms. The quantitative estimate of drug-likeness (QED) is 0.220. The van der Waals surface area contributed by atoms with E-state index in [0.29, 0.717) is 69.5 Å². The molecule has 2 saturated heterocycles. The molecule has 0 aromatic carbocycles. The molecule has 6 aliphatic rings. The molecular formula is C37H61NO6. The van der Waals surface area contributed by atoms with E-state index in [2.05, 4.69) is 38.7 Å². The predicted octanol–water partition coefficient (Wildman–Crippen LogP) is 5.80. The van der Waals surface area contributed by atoms with Crippen molar-refractivity contribution in [1.82, 2.24) is 4.90 Å². The van der Waals surface area contributed by atoms with Crippen LogP contribution in [-0.4, -0.2) is 100 Å². The summed E-state index contributed by atoms with van der Waals surface area (Å²) in [5.41, 5.74) is 5.24. The molecular weight excluding hydrogens is 554 g/mol. The molecule has 4 aliphatic carbocycles. The molecule has 0 amide bonds. The number of aliphatic hydroxyl groups excluding tert-OH is 1. The first-order chi connectivity index (χ1) is 21.3. The van der Waals surface area contributed by atoms with E-state index in [1.54, 1.807) is 23.8 Å². The molecule has 4 fully saturated rings. The minimum absolute atomic E-state index is 0.0386. The fraction of sp³-hybridized carbons (Fsp3) is 0.892. The average molecular weight is 616 g/mol. The molecule has 6 rings (SSSR count). The number of ether oxygens (including phenoxy) is 5. The van der Waals surface area contributed by atoms with Crippen LogP contribution in [0.1, 0.15) is 85.5 Å². The second-order valence-electron chi connectivity index (χ2n) is 15.5. The summed E-state index contributed by atoms with van der Waals surface area (Å²) in [6.07, 6.45) is 13.0. The zero-order chi connectivity index (χ0) is 30.9. The summed E-state index contributed by atoms with van der Waals surface area (Å²) in [4.78, 5) is 2.71. The largest absolute Gasteiger partial charge is 0.393 e. The summed E-state index contributed by atoms with van der Waals surface area (Å²) in [5.74, 6) is 3.38. The van der Waals surface area contributed by atoms with Crippen LogP contribution in [0.3, 0.4) is 0 Å². The van der Waals surface area contributed by atoms with Crippen LogP contribution >= 0.6 is 0 Å². The van der Waals surface area contributed by atoms with Gasteiger partial charge in [0.05, 0.1) is 64.1 Å². The molecule has 0 radical (unpaired) electrons. The van der Waals surface area contributed by atoms with Crippen LogP contribution in [0.2, 0.25) is 0 Å². The molecule has 10 atom stereocenters. The van der Waals surface area contributed by atoms with Crippen LogP contribution in [0.5, 0.6) is 0 Å². The molecule has 2 heterocycles. The maximum absolute atomic E-state index is 10.4. The molecule has 1 N–H and O–H groups in total. The van der Waals surface area contributed by atoms with Gasteiger partial charge < -0.3 is 28.8 Å². The van der Waals surface area contributed by atoms with Crippen molar-refractivity contribution in [2.45, 2.75) is 109 Å². The molecule has 2 saturated carbocycles. The minimum Gasteiger partial charge on any atom is -0.393 e. The topological polar surface area (TPSA) is 69.6 Å². The average Bonchev–Trinajstić information content (AvgIpc) is 3.46. The van der Waals surface area contributed by atoms with Crippen molar-refractivity contribution in [3.05, 3.63) is 22.8 Å². The van der Waals surface area contributed by atoms with E-state index in [0.717, 1.165) is 57.2 Å². The molecule has 7 nitrogen and oxygen atoms in total. The van der Waals surface area contributed by atoms with Gasteiger partial charge in [0.1, 0.15) is 0 Å². The number of aliphatic hydroxyl groups is 1. The number of likely N-dealkylation sites (tertiary alicyclic amines) is 1. The van der Waals surface area contributed by atoms with E-state index in [1.807, 2.05) is 0 Å². The Labute approximate surface area is 267 Å². The lowest BCUT2D eigenvalue weighted by Crippen LogP contribution is -2.52. The minimum atomic E-state index is -0.132. The molecule has 7 heteroatoms. The van der Waals surface area contributed by atoms with E-state index in [-0.39, 0.29) is 17.1 Å². The highest BCUT2D eigenvalue weighted by Crippen LogP contribution is 2.63. The number of piperidine rings is 1. The number of hydrogen-bond acceptors (Lipinski definition) is 7. The highest BCUT2D eigenvalue weighted by molar-refractivity contribution is 5.34. The molecule has 1 spiro atoms. The monoisotopic (exact) mass is 615 g/mol. The standard InChI is InChI=1S/C37H61NO6/c1-25-20-34-35(38(24-25)12-13-41-16-17-43-19-18-42-15-14-40-5)27(3)37(44-34)11-9-30-31-7-6-28-21-29(39)8-10-36(28,4)33(31)22-32(30)26(2)23-37/h6,25,27,29-31,33-35,39H,7-24H2,1-5H3/t25-,27+,29-,30-,31-,33-,34+,35?,36-,37-/m0/s1. The van der Waals surface area contributed by atoms with Crippen molar-refractivity contribution in [1.29, 1.82) is 0 Å². The molecule has 250 valence electrons. The van der Waals surface area contributed by atoms with Crippen LogP contribution < -0.4 is 0 Å². The molecule has 0 aromatic heterocycles. The van der Waals surface area contributed by atoms with Gasteiger partial charge in [0.15, 0.2) is 0 Å². The van der Waals surface area contributed by atoms with Crippen LogP contribution in [-0.2, 0) is 23.7 Å². The maximum atomic E-state index is 10.4. The summed E-state index contributed by atoms with van der Waals surface area (Å²) < 4.78 is 29.4. The van der Waals surface area contributed by atoms with E-state index in [4.69, 9.17) is 23.7 Å². The predicted molar refractivity (Wildman–Crippen MR) is 173 cm³/mol. The molecule has 1 unspecified atom stereocenters. The zero-order valence-electron chi connectivity index (χ0n) is 28.4. The molecule has 2 aliphatic heterocycles. The van der Waals surface area contributed by atoms with Gasteiger partial charge in [-0.2, -0.15) is 0 Å². The van der Waals surface area contributed by atoms with E-state index in [1.165, 1.54) is 32.1 Å². The fourth-order valence-electron chi connectivity index (χ4n) is 10.7. The smallest absolute Gasteiger partial charge is 0.0765 e. The first-order valence-electron chi connectivity index (χ1n) is 18.0. The fourth-order valence-corrected chi connectivity index (χ4v) is 10.7. The van der Waals surface area contributed by atoms with Gasteiger partial charge in [-0.25, -0.2) is 0 Å². The van der Waals surface area contributed by atoms with Crippen molar-refractivity contribution >= 4 is 0 Å². The lowest BCUT2D eigenvalue weighted by Gasteiger charge is -2.49. The summed E-state index contributed by atoms with van der Waals surface area (Å²) >= 11 is 0. The Bertz CT molecular complexity index is 1050. The first kappa shape index (κ1) is 33.1. The van der Waals surface area contributed by atoms with Crippen LogP contribution in [0.25, 0.3) is 0 Å². The van der Waals surface area contributed by atoms with Crippen LogP contribution in [0.15, 0.2) is 22.8 Å². The summed E-state index contributed by atoms with van der Waals surface area (Å²) in [5, 5.41) is 10.4. The van der Waals surface area contributed by atoms with Gasteiger partial charge in [-0.15, -0.1) is 0 Å². The number of nitrogens with zero attached hydrogens (tertiary/aromatic N) is 1. The van der Waals surface area contributed by atoms with Crippen molar-refractivity contribution < 1.29 is 28.8 Å². The normalized spacial score (nSPS) is 42.1. The van der Waals surface area contributed by atoms with E-state index >= 15 is 0 Å². The second-order valence-corrected chi connectivity index (χ2v) is 15.5. The van der Waals surface area contributed by atoms with Crippen molar-refractivity contribution in [3.63, 3.8) is 0 Å². The van der Waals surface area contributed by atoms with Gasteiger partial charge >= 0.3 is 0 Å². The Morgan fingerprint density at radius 3 is 2.45 bits per heavy atom. The number of rotatable bonds is 12. The number of hydrogen-bond donors (Lipinski definition) is 1. The van der Waals surface area contributed by atoms with Crippen molar-refractivity contribution in [2.24, 2.45) is 35.0 Å². The number of allylic oxidation sites excluding steroid dienone is 2. The van der Waals surface area contributed by atoms with E-state index < -0.39 is 0 Å². The Morgan fingerprint density at radius 1 is 0.977 bits per heavy atom. The van der Waals surface area contributed by atoms with Gasteiger partial charge in [0.25, 0.3) is 0 Å². The van der Waals surface area contributed by atoms with Gasteiger partial charge in [-0.1, -0.05) is 43.6 Å². The lowest BCUT2D eigenvalue weighted by atomic mass is 9.56. The van der Waals surface area contributed by atoms with Gasteiger partial charge in [0.2, 0.25) is 0 Å². The maximum Gasteiger partial charge on any atom is 0.0765 e. The van der Waals surface area contributed by atoms with Gasteiger partial charge in [0, 0.05) is 32.2 Å². The third kappa shape index (κ3) is 6.50. The van der Waals surface area contributed by atoms with Crippen molar-refractivity contribution in [2.75, 3.05) is 66.4 Å². The Morgan fingerprint density at radius 2 is 1.70 bits per heavy atom. The highest BCUT2D eigenvalue weighted by Gasteiger charge is 2.59. The summed E-state index contributed by atoms with van der Waals surface area (Å²) in [6.45, 7) is 16.4. The van der Waals surface area contributed by atoms with Gasteiger partial charge in [-0.05, 0) is 93.8 Å². The lowest BCUT2D eigenvalue weighted by molar-refractivity contribution is -0.0806. The Balaban J connectivity index is 1.05. The Kier molecular flexibility index (Phi) is 10.6. The summed E-state index contributed by atoms with van der Waals surface area (Å²) in [7, 11) is 1.68. The van der Waals surface area contributed by atoms with Crippen LogP contribution in [0.4, 0.5) is 0 Å².